The Labute approximate surface area is 280 Å². The van der Waals surface area contributed by atoms with Crippen molar-refractivity contribution in [3.63, 3.8) is 0 Å². The number of rotatable bonds is 11. The number of carbonyl (C=O) groups is 1. The predicted octanol–water partition coefficient (Wildman–Crippen LogP) is 8.29. The predicted molar refractivity (Wildman–Crippen MR) is 170 cm³/mol. The van der Waals surface area contributed by atoms with Gasteiger partial charge in [0.25, 0.3) is 0 Å². The van der Waals surface area contributed by atoms with E-state index in [4.69, 9.17) is 10.2 Å². The standard InChI is InChI=1S/C33H26F6N4O4S2/c34-25-15-19(7-13-28(25)49(40,46)47)14-24-27(12-6-18-4-5-18)43(31-41-26(17-48-31)30(44)45)42-29(24)22-3-1-2-21(16-22)20-8-10-23(11-9-20)32(35,36)33(37,38)39/h1-3,7-11,13,15-18H,4-6,12,14H2,(H3-,40,44,45,46,47)/p+1. The maximum atomic E-state index is 15.0. The van der Waals surface area contributed by atoms with Crippen molar-refractivity contribution in [1.29, 1.82) is 0 Å². The molecule has 6 rings (SSSR count). The SMILES string of the molecule is N[S+](=O)(O)c1ccc(Cc2c(-c3cccc(-c4ccc(C(F)(F)C(F)(F)F)cc4)c3)nn(-c3nc(C(=O)O)cs3)c2CCC2CC2)cc1F. The Morgan fingerprint density at radius 2 is 1.69 bits per heavy atom. The molecular formula is C33H27F6N4O4S2+. The van der Waals surface area contributed by atoms with Gasteiger partial charge in [-0.15, -0.1) is 16.5 Å². The number of thiazole rings is 1. The highest BCUT2D eigenvalue weighted by Crippen LogP contribution is 2.44. The highest BCUT2D eigenvalue weighted by atomic mass is 32.3. The molecule has 1 aliphatic rings. The average Bonchev–Trinajstić information content (AvgIpc) is 3.60. The van der Waals surface area contributed by atoms with E-state index in [1.54, 1.807) is 28.9 Å². The first-order valence-corrected chi connectivity index (χ1v) is 17.3. The molecule has 16 heteroatoms. The third-order valence-corrected chi connectivity index (χ3v) is 10.0. The lowest BCUT2D eigenvalue weighted by Crippen LogP contribution is -2.33. The smallest absolute Gasteiger partial charge is 0.458 e. The van der Waals surface area contributed by atoms with E-state index in [2.05, 4.69) is 4.98 Å². The average molecular weight is 722 g/mol. The van der Waals surface area contributed by atoms with Crippen molar-refractivity contribution in [1.82, 2.24) is 14.8 Å². The summed E-state index contributed by atoms with van der Waals surface area (Å²) in [6, 6.07) is 14.2. The van der Waals surface area contributed by atoms with Gasteiger partial charge < -0.3 is 5.11 Å². The van der Waals surface area contributed by atoms with Gasteiger partial charge in [0.15, 0.2) is 11.5 Å². The lowest BCUT2D eigenvalue weighted by molar-refractivity contribution is -0.289. The maximum Gasteiger partial charge on any atom is 0.458 e. The van der Waals surface area contributed by atoms with Gasteiger partial charge in [0.2, 0.25) is 10.0 Å². The van der Waals surface area contributed by atoms with Crippen molar-refractivity contribution in [3.05, 3.63) is 106 Å². The number of halogens is 6. The lowest BCUT2D eigenvalue weighted by atomic mass is 9.94. The third-order valence-electron chi connectivity index (χ3n) is 8.23. The zero-order chi connectivity index (χ0) is 35.3. The zero-order valence-electron chi connectivity index (χ0n) is 25.3. The summed E-state index contributed by atoms with van der Waals surface area (Å²) >= 11 is 1.06. The molecule has 49 heavy (non-hydrogen) atoms. The molecule has 1 unspecified atom stereocenters. The topological polar surface area (TPSA) is 131 Å². The molecule has 2 heterocycles. The van der Waals surface area contributed by atoms with Crippen LogP contribution in [0.15, 0.2) is 77.0 Å². The van der Waals surface area contributed by atoms with E-state index in [9.17, 15) is 45.0 Å². The number of aromatic carboxylic acids is 1. The Hall–Kier alpha value is -4.38. The first-order valence-electron chi connectivity index (χ1n) is 14.8. The second kappa shape index (κ2) is 12.8. The number of carboxylic acids is 1. The minimum Gasteiger partial charge on any atom is -0.476 e. The second-order valence-electron chi connectivity index (χ2n) is 11.7. The number of carboxylic acid groups (broad SMARTS) is 1. The molecule has 1 saturated carbocycles. The van der Waals surface area contributed by atoms with Crippen LogP contribution in [0.25, 0.3) is 27.5 Å². The maximum absolute atomic E-state index is 15.0. The molecule has 0 radical (unpaired) electrons. The fourth-order valence-electron chi connectivity index (χ4n) is 5.50. The van der Waals surface area contributed by atoms with E-state index in [1.165, 1.54) is 23.6 Å². The summed E-state index contributed by atoms with van der Waals surface area (Å²) in [5.41, 5.74) is 2.14. The lowest BCUT2D eigenvalue weighted by Gasteiger charge is -2.20. The van der Waals surface area contributed by atoms with Crippen LogP contribution in [0, 0.1) is 11.7 Å². The van der Waals surface area contributed by atoms with Crippen LogP contribution in [0.4, 0.5) is 26.3 Å². The molecule has 1 aliphatic carbocycles. The number of hydrogen-bond donors (Lipinski definition) is 3. The number of benzene rings is 3. The van der Waals surface area contributed by atoms with Crippen molar-refractivity contribution in [2.45, 2.75) is 49.1 Å². The summed E-state index contributed by atoms with van der Waals surface area (Å²) < 4.78 is 105. The van der Waals surface area contributed by atoms with Gasteiger partial charge in [-0.3, -0.25) is 0 Å². The van der Waals surface area contributed by atoms with Gasteiger partial charge in [0, 0.05) is 34.6 Å². The van der Waals surface area contributed by atoms with E-state index >= 15 is 0 Å². The Bertz CT molecular complexity index is 2090. The first kappa shape index (κ1) is 34.5. The number of nitrogens with zero attached hydrogens (tertiary/aromatic N) is 3. The third kappa shape index (κ3) is 7.18. The molecule has 0 spiro atoms. The molecule has 256 valence electrons. The van der Waals surface area contributed by atoms with Crippen LogP contribution in [0.2, 0.25) is 0 Å². The molecule has 4 N–H and O–H groups in total. The summed E-state index contributed by atoms with van der Waals surface area (Å²) in [5, 5.41) is 21.3. The van der Waals surface area contributed by atoms with Gasteiger partial charge in [-0.05, 0) is 51.8 Å². The first-order chi connectivity index (χ1) is 23.0. The fraction of sp³-hybridized carbons (Fsp3) is 0.242. The zero-order valence-corrected chi connectivity index (χ0v) is 26.9. The van der Waals surface area contributed by atoms with Gasteiger partial charge >= 0.3 is 28.5 Å². The van der Waals surface area contributed by atoms with E-state index in [0.717, 1.165) is 54.9 Å². The van der Waals surface area contributed by atoms with Crippen molar-refractivity contribution < 1.29 is 45.0 Å². The van der Waals surface area contributed by atoms with Crippen LogP contribution in [0.5, 0.6) is 0 Å². The summed E-state index contributed by atoms with van der Waals surface area (Å²) in [4.78, 5) is 15.3. The number of hydrogen-bond acceptors (Lipinski definition) is 5. The van der Waals surface area contributed by atoms with Gasteiger partial charge in [-0.25, -0.2) is 18.9 Å². The van der Waals surface area contributed by atoms with E-state index < -0.39 is 44.7 Å². The molecule has 2 aromatic heterocycles. The molecule has 0 amide bonds. The molecule has 0 saturated heterocycles. The summed E-state index contributed by atoms with van der Waals surface area (Å²) in [6.07, 6.45) is -2.26. The summed E-state index contributed by atoms with van der Waals surface area (Å²) in [6.45, 7) is 0. The Kier molecular flexibility index (Phi) is 9.02. The highest BCUT2D eigenvalue weighted by molar-refractivity contribution is 7.95. The van der Waals surface area contributed by atoms with E-state index in [-0.39, 0.29) is 17.2 Å². The Morgan fingerprint density at radius 1 is 1.00 bits per heavy atom. The molecule has 0 aliphatic heterocycles. The molecule has 5 aromatic rings. The molecule has 3 aromatic carbocycles. The minimum absolute atomic E-state index is 0.0896. The molecule has 0 bridgehead atoms. The number of aromatic nitrogens is 3. The normalized spacial score (nSPS) is 14.9. The van der Waals surface area contributed by atoms with Crippen molar-refractivity contribution in [2.24, 2.45) is 11.1 Å². The van der Waals surface area contributed by atoms with Crippen LogP contribution in [-0.2, 0) is 33.4 Å². The van der Waals surface area contributed by atoms with Crippen molar-refractivity contribution >= 4 is 27.7 Å². The van der Waals surface area contributed by atoms with Crippen LogP contribution < -0.4 is 5.14 Å². The Balaban J connectivity index is 1.47. The quantitative estimate of drug-likeness (QED) is 0.0930. The van der Waals surface area contributed by atoms with Crippen LogP contribution in [0.3, 0.4) is 0 Å². The number of alkyl halides is 5. The van der Waals surface area contributed by atoms with Gasteiger partial charge in [0.1, 0.15) is 0 Å². The summed E-state index contributed by atoms with van der Waals surface area (Å²) in [5.74, 6) is -6.75. The van der Waals surface area contributed by atoms with Crippen LogP contribution in [-0.4, -0.2) is 36.6 Å². The molecule has 1 fully saturated rings. The van der Waals surface area contributed by atoms with E-state index in [0.29, 0.717) is 51.5 Å². The van der Waals surface area contributed by atoms with Crippen LogP contribution in [0.1, 0.15) is 52.1 Å². The molecule has 1 atom stereocenters. The van der Waals surface area contributed by atoms with Gasteiger partial charge in [-0.2, -0.15) is 31.6 Å². The highest BCUT2D eigenvalue weighted by Gasteiger charge is 2.58. The second-order valence-corrected chi connectivity index (χ2v) is 14.1. The molecular weight excluding hydrogens is 695 g/mol. The Morgan fingerprint density at radius 3 is 2.29 bits per heavy atom. The van der Waals surface area contributed by atoms with Crippen molar-refractivity contribution in [2.75, 3.05) is 0 Å². The van der Waals surface area contributed by atoms with Crippen LogP contribution >= 0.6 is 11.3 Å². The fourth-order valence-corrected chi connectivity index (χ4v) is 6.88. The monoisotopic (exact) mass is 721 g/mol. The largest absolute Gasteiger partial charge is 0.476 e. The molecule has 8 nitrogen and oxygen atoms in total. The minimum atomic E-state index is -5.76. The summed E-state index contributed by atoms with van der Waals surface area (Å²) in [7, 11) is -4.07. The van der Waals surface area contributed by atoms with Gasteiger partial charge in [-0.1, -0.05) is 61.4 Å². The number of nitrogens with two attached hydrogens (primary N) is 1. The van der Waals surface area contributed by atoms with Gasteiger partial charge in [0.05, 0.1) is 11.4 Å². The van der Waals surface area contributed by atoms with E-state index in [1.807, 2.05) is 0 Å². The van der Waals surface area contributed by atoms with Crippen molar-refractivity contribution in [3.8, 4) is 27.5 Å².